The van der Waals surface area contributed by atoms with E-state index in [1.807, 2.05) is 13.0 Å². The molecule has 2 amide bonds. The molecule has 0 aliphatic rings. The molecular formula is C20H24FN3O3. The van der Waals surface area contributed by atoms with E-state index in [4.69, 9.17) is 4.74 Å². The number of likely N-dealkylation sites (N-methyl/N-ethyl adjacent to an activating group) is 1. The van der Waals surface area contributed by atoms with Crippen LogP contribution in [0.1, 0.15) is 12.5 Å². The van der Waals surface area contributed by atoms with Gasteiger partial charge in [0.05, 0.1) is 25.9 Å². The van der Waals surface area contributed by atoms with Crippen molar-refractivity contribution in [1.29, 1.82) is 0 Å². The van der Waals surface area contributed by atoms with Gasteiger partial charge in [-0.15, -0.1) is 0 Å². The molecule has 0 unspecified atom stereocenters. The van der Waals surface area contributed by atoms with E-state index in [2.05, 4.69) is 10.6 Å². The number of methoxy groups -OCH3 is 1. The molecule has 0 aliphatic heterocycles. The molecule has 2 rings (SSSR count). The van der Waals surface area contributed by atoms with Gasteiger partial charge in [0.25, 0.3) is 0 Å². The second kappa shape index (κ2) is 9.68. The topological polar surface area (TPSA) is 70.7 Å². The van der Waals surface area contributed by atoms with E-state index in [1.165, 1.54) is 13.2 Å². The number of hydrogen-bond donors (Lipinski definition) is 2. The molecule has 0 heterocycles. The van der Waals surface area contributed by atoms with Crippen LogP contribution in [0.25, 0.3) is 0 Å². The zero-order chi connectivity index (χ0) is 19.8. The number of carbonyl (C=O) groups excluding carboxylic acids is 2. The lowest BCUT2D eigenvalue weighted by Crippen LogP contribution is -2.38. The van der Waals surface area contributed by atoms with E-state index >= 15 is 0 Å². The average Bonchev–Trinajstić information content (AvgIpc) is 2.64. The Morgan fingerprint density at radius 3 is 2.37 bits per heavy atom. The molecule has 0 saturated carbocycles. The lowest BCUT2D eigenvalue weighted by Gasteiger charge is -2.20. The van der Waals surface area contributed by atoms with Gasteiger partial charge in [0.2, 0.25) is 11.8 Å². The summed E-state index contributed by atoms with van der Waals surface area (Å²) in [6.07, 6.45) is 0. The average molecular weight is 373 g/mol. The van der Waals surface area contributed by atoms with Gasteiger partial charge >= 0.3 is 0 Å². The molecule has 7 heteroatoms. The highest BCUT2D eigenvalue weighted by Crippen LogP contribution is 2.22. The van der Waals surface area contributed by atoms with Gasteiger partial charge in [0, 0.05) is 5.69 Å². The van der Waals surface area contributed by atoms with Crippen LogP contribution >= 0.6 is 0 Å². The number of aryl methyl sites for hydroxylation is 1. The van der Waals surface area contributed by atoms with Crippen LogP contribution in [0.15, 0.2) is 42.5 Å². The first-order valence-electron chi connectivity index (χ1n) is 8.64. The SMILES string of the molecule is CCN(CC(=O)Nc1ccc(C)c(F)c1)CC(=O)Nc1ccccc1OC. The monoisotopic (exact) mass is 373 g/mol. The maximum atomic E-state index is 13.6. The van der Waals surface area contributed by atoms with Crippen LogP contribution in [0.2, 0.25) is 0 Å². The Labute approximate surface area is 158 Å². The van der Waals surface area contributed by atoms with Gasteiger partial charge < -0.3 is 15.4 Å². The second-order valence-corrected chi connectivity index (χ2v) is 6.06. The van der Waals surface area contributed by atoms with Crippen molar-refractivity contribution in [1.82, 2.24) is 4.90 Å². The summed E-state index contributed by atoms with van der Waals surface area (Å²) in [6, 6.07) is 11.6. The summed E-state index contributed by atoms with van der Waals surface area (Å²) < 4.78 is 18.8. The van der Waals surface area contributed by atoms with Crippen molar-refractivity contribution in [3.8, 4) is 5.75 Å². The van der Waals surface area contributed by atoms with Crippen LogP contribution in [-0.4, -0.2) is 43.5 Å². The molecule has 0 spiro atoms. The number of para-hydroxylation sites is 2. The lowest BCUT2D eigenvalue weighted by molar-refractivity contribution is -0.119. The number of carbonyl (C=O) groups is 2. The molecule has 6 nitrogen and oxygen atoms in total. The van der Waals surface area contributed by atoms with Crippen LogP contribution in [0.3, 0.4) is 0 Å². The standard InChI is InChI=1S/C20H24FN3O3/c1-4-24(12-19(25)22-15-10-9-14(2)16(21)11-15)13-20(26)23-17-7-5-6-8-18(17)27-3/h5-11H,4,12-13H2,1-3H3,(H,22,25)(H,23,26). The normalized spacial score (nSPS) is 10.6. The van der Waals surface area contributed by atoms with Gasteiger partial charge in [0.15, 0.2) is 0 Å². The molecule has 0 bridgehead atoms. The predicted molar refractivity (Wildman–Crippen MR) is 104 cm³/mol. The van der Waals surface area contributed by atoms with Crippen molar-refractivity contribution in [2.24, 2.45) is 0 Å². The van der Waals surface area contributed by atoms with Crippen LogP contribution in [0.5, 0.6) is 5.75 Å². The highest BCUT2D eigenvalue weighted by atomic mass is 19.1. The third kappa shape index (κ3) is 6.07. The van der Waals surface area contributed by atoms with Crippen LogP contribution in [-0.2, 0) is 9.59 Å². The maximum Gasteiger partial charge on any atom is 0.238 e. The van der Waals surface area contributed by atoms with Crippen LogP contribution in [0.4, 0.5) is 15.8 Å². The highest BCUT2D eigenvalue weighted by molar-refractivity contribution is 5.95. The summed E-state index contributed by atoms with van der Waals surface area (Å²) in [5, 5.41) is 5.42. The van der Waals surface area contributed by atoms with Crippen molar-refractivity contribution in [2.75, 3.05) is 37.4 Å². The Morgan fingerprint density at radius 1 is 1.07 bits per heavy atom. The summed E-state index contributed by atoms with van der Waals surface area (Å²) in [6.45, 7) is 4.08. The molecular weight excluding hydrogens is 349 g/mol. The third-order valence-electron chi connectivity index (χ3n) is 4.02. The Bertz CT molecular complexity index is 811. The molecule has 0 radical (unpaired) electrons. The quantitative estimate of drug-likeness (QED) is 0.746. The lowest BCUT2D eigenvalue weighted by atomic mass is 10.2. The van der Waals surface area contributed by atoms with Crippen LogP contribution in [0, 0.1) is 12.7 Å². The van der Waals surface area contributed by atoms with Crippen molar-refractivity contribution < 1.29 is 18.7 Å². The number of hydrogen-bond acceptors (Lipinski definition) is 4. The molecule has 2 N–H and O–H groups in total. The number of nitrogens with zero attached hydrogens (tertiary/aromatic N) is 1. The number of amides is 2. The maximum absolute atomic E-state index is 13.6. The van der Waals surface area contributed by atoms with Gasteiger partial charge in [-0.1, -0.05) is 25.1 Å². The summed E-state index contributed by atoms with van der Waals surface area (Å²) >= 11 is 0. The molecule has 0 atom stereocenters. The Morgan fingerprint density at radius 2 is 1.74 bits per heavy atom. The van der Waals surface area contributed by atoms with Crippen molar-refractivity contribution >= 4 is 23.2 Å². The summed E-state index contributed by atoms with van der Waals surface area (Å²) in [4.78, 5) is 26.2. The number of anilines is 2. The summed E-state index contributed by atoms with van der Waals surface area (Å²) in [7, 11) is 1.53. The van der Waals surface area contributed by atoms with Crippen molar-refractivity contribution in [3.05, 3.63) is 53.8 Å². The Balaban J connectivity index is 1.91. The van der Waals surface area contributed by atoms with Gasteiger partial charge in [-0.25, -0.2) is 4.39 Å². The number of halogens is 1. The number of nitrogens with one attached hydrogen (secondary N) is 2. The first kappa shape index (κ1) is 20.4. The summed E-state index contributed by atoms with van der Waals surface area (Å²) in [5.41, 5.74) is 1.47. The fraction of sp³-hybridized carbons (Fsp3) is 0.300. The largest absolute Gasteiger partial charge is 0.495 e. The van der Waals surface area contributed by atoms with Crippen molar-refractivity contribution in [2.45, 2.75) is 13.8 Å². The zero-order valence-corrected chi connectivity index (χ0v) is 15.7. The molecule has 2 aromatic carbocycles. The van der Waals surface area contributed by atoms with E-state index in [9.17, 15) is 14.0 Å². The van der Waals surface area contributed by atoms with Gasteiger partial charge in [0.1, 0.15) is 11.6 Å². The third-order valence-corrected chi connectivity index (χ3v) is 4.02. The van der Waals surface area contributed by atoms with E-state index in [0.29, 0.717) is 29.2 Å². The molecule has 27 heavy (non-hydrogen) atoms. The smallest absolute Gasteiger partial charge is 0.238 e. The van der Waals surface area contributed by atoms with Crippen LogP contribution < -0.4 is 15.4 Å². The Kier molecular flexibility index (Phi) is 7.31. The van der Waals surface area contributed by atoms with Gasteiger partial charge in [-0.3, -0.25) is 14.5 Å². The fourth-order valence-corrected chi connectivity index (χ4v) is 2.49. The summed E-state index contributed by atoms with van der Waals surface area (Å²) in [5.74, 6) is -0.384. The molecule has 0 aliphatic carbocycles. The highest BCUT2D eigenvalue weighted by Gasteiger charge is 2.15. The second-order valence-electron chi connectivity index (χ2n) is 6.06. The predicted octanol–water partition coefficient (Wildman–Crippen LogP) is 3.04. The molecule has 0 fully saturated rings. The van der Waals surface area contributed by atoms with E-state index in [0.717, 1.165) is 0 Å². The van der Waals surface area contributed by atoms with Gasteiger partial charge in [-0.2, -0.15) is 0 Å². The minimum absolute atomic E-state index is 0.0192. The van der Waals surface area contributed by atoms with E-state index in [-0.39, 0.29) is 30.7 Å². The number of ether oxygens (including phenoxy) is 1. The molecule has 2 aromatic rings. The molecule has 0 saturated heterocycles. The van der Waals surface area contributed by atoms with E-state index in [1.54, 1.807) is 42.2 Å². The van der Waals surface area contributed by atoms with Gasteiger partial charge in [-0.05, 0) is 43.3 Å². The first-order valence-corrected chi connectivity index (χ1v) is 8.64. The first-order chi connectivity index (χ1) is 12.9. The molecule has 0 aromatic heterocycles. The van der Waals surface area contributed by atoms with E-state index < -0.39 is 0 Å². The zero-order valence-electron chi connectivity index (χ0n) is 15.7. The number of rotatable bonds is 8. The fourth-order valence-electron chi connectivity index (χ4n) is 2.49. The minimum Gasteiger partial charge on any atom is -0.495 e. The molecule has 144 valence electrons. The minimum atomic E-state index is -0.378. The van der Waals surface area contributed by atoms with Crippen molar-refractivity contribution in [3.63, 3.8) is 0 Å². The number of benzene rings is 2. The Hall–Kier alpha value is -2.93.